The van der Waals surface area contributed by atoms with Crippen LogP contribution in [0.5, 0.6) is 0 Å². The lowest BCUT2D eigenvalue weighted by atomic mass is 10.1. The number of aryl methyl sites for hydroxylation is 1. The minimum atomic E-state index is -0.550. The van der Waals surface area contributed by atoms with Crippen molar-refractivity contribution in [3.8, 4) is 0 Å². The third kappa shape index (κ3) is 2.37. The molecule has 2 aromatic carbocycles. The van der Waals surface area contributed by atoms with Gasteiger partial charge < -0.3 is 5.32 Å². The first-order valence-electron chi connectivity index (χ1n) is 6.14. The fourth-order valence-electron chi connectivity index (χ4n) is 2.55. The first-order valence-corrected chi connectivity index (χ1v) is 6.93. The van der Waals surface area contributed by atoms with Crippen molar-refractivity contribution >= 4 is 21.6 Å². The Hall–Kier alpha value is -1.42. The van der Waals surface area contributed by atoms with Gasteiger partial charge in [0.05, 0.1) is 6.04 Å². The van der Waals surface area contributed by atoms with Gasteiger partial charge in [-0.2, -0.15) is 0 Å². The average Bonchev–Trinajstić information content (AvgIpc) is 2.76. The molecule has 1 atom stereocenters. The standard InChI is InChI=1S/C15H12BrF2N/c16-10-5-6-11-9(8-10)4-7-14(11)19-15-12(17)2-1-3-13(15)18/h1-3,5-6,8,14,19H,4,7H2. The summed E-state index contributed by atoms with van der Waals surface area (Å²) in [4.78, 5) is 0. The van der Waals surface area contributed by atoms with Gasteiger partial charge in [0.2, 0.25) is 0 Å². The Morgan fingerprint density at radius 1 is 1.11 bits per heavy atom. The minimum Gasteiger partial charge on any atom is -0.373 e. The fourth-order valence-corrected chi connectivity index (χ4v) is 2.95. The zero-order chi connectivity index (χ0) is 13.4. The zero-order valence-electron chi connectivity index (χ0n) is 10.1. The van der Waals surface area contributed by atoms with Crippen molar-refractivity contribution in [2.24, 2.45) is 0 Å². The molecule has 1 aliphatic carbocycles. The van der Waals surface area contributed by atoms with Crippen LogP contribution in [-0.2, 0) is 6.42 Å². The van der Waals surface area contributed by atoms with Crippen LogP contribution in [0.25, 0.3) is 0 Å². The summed E-state index contributed by atoms with van der Waals surface area (Å²) in [6, 6.07) is 9.89. The Morgan fingerprint density at radius 3 is 2.58 bits per heavy atom. The molecular formula is C15H12BrF2N. The summed E-state index contributed by atoms with van der Waals surface area (Å²) in [7, 11) is 0. The van der Waals surface area contributed by atoms with Crippen molar-refractivity contribution in [1.82, 2.24) is 0 Å². The van der Waals surface area contributed by atoms with Gasteiger partial charge in [0.25, 0.3) is 0 Å². The molecule has 0 aromatic heterocycles. The maximum atomic E-state index is 13.6. The Labute approximate surface area is 118 Å². The predicted octanol–water partition coefficient (Wildman–Crippen LogP) is 4.83. The summed E-state index contributed by atoms with van der Waals surface area (Å²) in [6.07, 6.45) is 1.77. The molecule has 1 unspecified atom stereocenters. The molecule has 0 fully saturated rings. The molecule has 19 heavy (non-hydrogen) atoms. The van der Waals surface area contributed by atoms with E-state index in [1.165, 1.54) is 23.8 Å². The van der Waals surface area contributed by atoms with Gasteiger partial charge in [0.15, 0.2) is 0 Å². The van der Waals surface area contributed by atoms with Crippen molar-refractivity contribution < 1.29 is 8.78 Å². The van der Waals surface area contributed by atoms with Crippen LogP contribution in [0.15, 0.2) is 40.9 Å². The first-order chi connectivity index (χ1) is 9.15. The molecule has 1 N–H and O–H groups in total. The van der Waals surface area contributed by atoms with E-state index in [1.807, 2.05) is 12.1 Å². The highest BCUT2D eigenvalue weighted by Crippen LogP contribution is 2.36. The van der Waals surface area contributed by atoms with E-state index in [-0.39, 0.29) is 11.7 Å². The van der Waals surface area contributed by atoms with E-state index in [1.54, 1.807) is 0 Å². The van der Waals surface area contributed by atoms with E-state index < -0.39 is 11.6 Å². The van der Waals surface area contributed by atoms with E-state index >= 15 is 0 Å². The molecule has 0 radical (unpaired) electrons. The maximum Gasteiger partial charge on any atom is 0.149 e. The minimum absolute atomic E-state index is 0.0329. The van der Waals surface area contributed by atoms with Crippen LogP contribution in [0.2, 0.25) is 0 Å². The van der Waals surface area contributed by atoms with Gasteiger partial charge in [-0.1, -0.05) is 28.1 Å². The Bertz CT molecular complexity index is 607. The second kappa shape index (κ2) is 4.93. The van der Waals surface area contributed by atoms with Crippen LogP contribution in [0.3, 0.4) is 0 Å². The quantitative estimate of drug-likeness (QED) is 0.834. The van der Waals surface area contributed by atoms with Crippen LogP contribution in [0.1, 0.15) is 23.6 Å². The molecular weight excluding hydrogens is 312 g/mol. The van der Waals surface area contributed by atoms with Crippen molar-refractivity contribution in [3.63, 3.8) is 0 Å². The number of nitrogens with one attached hydrogen (secondary N) is 1. The van der Waals surface area contributed by atoms with Gasteiger partial charge in [-0.05, 0) is 48.2 Å². The summed E-state index contributed by atoms with van der Waals surface area (Å²) in [5.41, 5.74) is 2.30. The van der Waals surface area contributed by atoms with E-state index in [0.717, 1.165) is 22.9 Å². The number of fused-ring (bicyclic) bond motifs is 1. The topological polar surface area (TPSA) is 12.0 Å². The van der Waals surface area contributed by atoms with Gasteiger partial charge in [0, 0.05) is 4.47 Å². The van der Waals surface area contributed by atoms with Gasteiger partial charge in [-0.3, -0.25) is 0 Å². The Kier molecular flexibility index (Phi) is 3.27. The normalized spacial score (nSPS) is 17.3. The van der Waals surface area contributed by atoms with E-state index in [2.05, 4.69) is 27.3 Å². The molecule has 0 saturated heterocycles. The molecule has 0 aliphatic heterocycles. The molecule has 1 nitrogen and oxygen atoms in total. The van der Waals surface area contributed by atoms with E-state index in [9.17, 15) is 8.78 Å². The first kappa shape index (κ1) is 12.6. The summed E-state index contributed by atoms with van der Waals surface area (Å²) >= 11 is 3.43. The second-order valence-electron chi connectivity index (χ2n) is 4.68. The third-order valence-corrected chi connectivity index (χ3v) is 3.96. The monoisotopic (exact) mass is 323 g/mol. The van der Waals surface area contributed by atoms with Crippen molar-refractivity contribution in [3.05, 3.63) is 63.6 Å². The molecule has 3 rings (SSSR count). The number of halogens is 3. The maximum absolute atomic E-state index is 13.6. The Balaban J connectivity index is 1.91. The predicted molar refractivity (Wildman–Crippen MR) is 75.2 cm³/mol. The lowest BCUT2D eigenvalue weighted by molar-refractivity contribution is 0.582. The molecule has 1 aliphatic rings. The number of anilines is 1. The molecule has 0 saturated carbocycles. The van der Waals surface area contributed by atoms with Crippen molar-refractivity contribution in [2.45, 2.75) is 18.9 Å². The summed E-state index contributed by atoms with van der Waals surface area (Å²) < 4.78 is 28.3. The van der Waals surface area contributed by atoms with Crippen LogP contribution in [0.4, 0.5) is 14.5 Å². The highest BCUT2D eigenvalue weighted by atomic mass is 79.9. The number of rotatable bonds is 2. The molecule has 2 aromatic rings. The number of hydrogen-bond donors (Lipinski definition) is 1. The zero-order valence-corrected chi connectivity index (χ0v) is 11.7. The lowest BCUT2D eigenvalue weighted by Gasteiger charge is -2.16. The molecule has 0 heterocycles. The van der Waals surface area contributed by atoms with Crippen LogP contribution in [-0.4, -0.2) is 0 Å². The van der Waals surface area contributed by atoms with Crippen LogP contribution >= 0.6 is 15.9 Å². The second-order valence-corrected chi connectivity index (χ2v) is 5.59. The summed E-state index contributed by atoms with van der Waals surface area (Å²) in [6.45, 7) is 0. The summed E-state index contributed by atoms with van der Waals surface area (Å²) in [5.74, 6) is -1.10. The van der Waals surface area contributed by atoms with Crippen molar-refractivity contribution in [1.29, 1.82) is 0 Å². The highest BCUT2D eigenvalue weighted by Gasteiger charge is 2.24. The number of para-hydroxylation sites is 1. The smallest absolute Gasteiger partial charge is 0.149 e. The van der Waals surface area contributed by atoms with Gasteiger partial charge in [0.1, 0.15) is 17.3 Å². The Morgan fingerprint density at radius 2 is 1.84 bits per heavy atom. The highest BCUT2D eigenvalue weighted by molar-refractivity contribution is 9.10. The molecule has 0 spiro atoms. The lowest BCUT2D eigenvalue weighted by Crippen LogP contribution is -2.10. The third-order valence-electron chi connectivity index (χ3n) is 3.46. The number of hydrogen-bond acceptors (Lipinski definition) is 1. The van der Waals surface area contributed by atoms with Gasteiger partial charge in [-0.15, -0.1) is 0 Å². The van der Waals surface area contributed by atoms with Gasteiger partial charge in [-0.25, -0.2) is 8.78 Å². The number of benzene rings is 2. The molecule has 0 bridgehead atoms. The average molecular weight is 324 g/mol. The fraction of sp³-hybridized carbons (Fsp3) is 0.200. The molecule has 0 amide bonds. The van der Waals surface area contributed by atoms with E-state index in [4.69, 9.17) is 0 Å². The largest absolute Gasteiger partial charge is 0.373 e. The van der Waals surface area contributed by atoms with Crippen molar-refractivity contribution in [2.75, 3.05) is 5.32 Å². The van der Waals surface area contributed by atoms with Gasteiger partial charge >= 0.3 is 0 Å². The van der Waals surface area contributed by atoms with E-state index in [0.29, 0.717) is 0 Å². The molecule has 4 heteroatoms. The van der Waals surface area contributed by atoms with Crippen LogP contribution < -0.4 is 5.32 Å². The molecule has 98 valence electrons. The SMILES string of the molecule is Fc1cccc(F)c1NC1CCc2cc(Br)ccc21. The summed E-state index contributed by atoms with van der Waals surface area (Å²) in [5, 5.41) is 2.99. The van der Waals surface area contributed by atoms with Crippen LogP contribution in [0, 0.1) is 11.6 Å².